The number of nitrogens with one attached hydrogen (secondary N) is 1. The largest absolute Gasteiger partial charge is 0.308 e. The van der Waals surface area contributed by atoms with Crippen LogP contribution in [-0.4, -0.2) is 31.1 Å². The fraction of sp³-hybridized carbons (Fsp3) is 0.385. The highest BCUT2D eigenvalue weighted by atomic mass is 15.2. The first kappa shape index (κ1) is 10.2. The van der Waals surface area contributed by atoms with Crippen LogP contribution in [0.4, 0.5) is 0 Å². The summed E-state index contributed by atoms with van der Waals surface area (Å²) in [7, 11) is 0. The SMILES string of the molecule is C#CCN1CCNC(c2ccccc2)C1. The first-order valence-electron chi connectivity index (χ1n) is 5.34. The van der Waals surface area contributed by atoms with Gasteiger partial charge in [-0.2, -0.15) is 0 Å². The van der Waals surface area contributed by atoms with Crippen molar-refractivity contribution in [2.75, 3.05) is 26.2 Å². The molecule has 1 aliphatic rings. The third-order valence-corrected chi connectivity index (χ3v) is 2.78. The molecule has 1 aromatic rings. The maximum Gasteiger partial charge on any atom is 0.0600 e. The van der Waals surface area contributed by atoms with Gasteiger partial charge < -0.3 is 5.32 Å². The van der Waals surface area contributed by atoms with Gasteiger partial charge in [0.1, 0.15) is 0 Å². The van der Waals surface area contributed by atoms with E-state index >= 15 is 0 Å². The van der Waals surface area contributed by atoms with Crippen LogP contribution in [0.25, 0.3) is 0 Å². The van der Waals surface area contributed by atoms with Gasteiger partial charge in [-0.3, -0.25) is 4.90 Å². The molecule has 2 heteroatoms. The lowest BCUT2D eigenvalue weighted by Gasteiger charge is -2.32. The standard InChI is InChI=1S/C13H16N2/c1-2-9-15-10-8-14-13(11-15)12-6-4-3-5-7-12/h1,3-7,13-14H,8-11H2. The van der Waals surface area contributed by atoms with E-state index in [0.717, 1.165) is 26.2 Å². The second-order valence-electron chi connectivity index (χ2n) is 3.86. The van der Waals surface area contributed by atoms with E-state index in [1.807, 2.05) is 6.07 Å². The Morgan fingerprint density at radius 1 is 1.40 bits per heavy atom. The summed E-state index contributed by atoms with van der Waals surface area (Å²) in [6, 6.07) is 11.0. The first-order chi connectivity index (χ1) is 7.40. The maximum absolute atomic E-state index is 5.33. The molecule has 1 saturated heterocycles. The van der Waals surface area contributed by atoms with Crippen molar-refractivity contribution in [3.63, 3.8) is 0 Å². The summed E-state index contributed by atoms with van der Waals surface area (Å²) in [6.07, 6.45) is 5.33. The van der Waals surface area contributed by atoms with Crippen LogP contribution in [0.5, 0.6) is 0 Å². The molecule has 2 nitrogen and oxygen atoms in total. The lowest BCUT2D eigenvalue weighted by Crippen LogP contribution is -2.45. The molecular formula is C13H16N2. The molecule has 0 amide bonds. The van der Waals surface area contributed by atoms with Crippen LogP contribution in [0, 0.1) is 12.3 Å². The number of benzene rings is 1. The second-order valence-corrected chi connectivity index (χ2v) is 3.86. The zero-order valence-corrected chi connectivity index (χ0v) is 8.82. The molecule has 0 radical (unpaired) electrons. The zero-order chi connectivity index (χ0) is 10.5. The number of rotatable bonds is 2. The minimum Gasteiger partial charge on any atom is -0.308 e. The van der Waals surface area contributed by atoms with Crippen molar-refractivity contribution < 1.29 is 0 Å². The van der Waals surface area contributed by atoms with Crippen LogP contribution >= 0.6 is 0 Å². The quantitative estimate of drug-likeness (QED) is 0.723. The van der Waals surface area contributed by atoms with Gasteiger partial charge in [0, 0.05) is 25.7 Å². The minimum absolute atomic E-state index is 0.424. The first-order valence-corrected chi connectivity index (χ1v) is 5.34. The molecule has 0 aliphatic carbocycles. The number of piperazine rings is 1. The third-order valence-electron chi connectivity index (χ3n) is 2.78. The number of terminal acetylenes is 1. The van der Waals surface area contributed by atoms with E-state index in [2.05, 4.69) is 40.4 Å². The lowest BCUT2D eigenvalue weighted by molar-refractivity contribution is 0.222. The summed E-state index contributed by atoms with van der Waals surface area (Å²) < 4.78 is 0. The minimum atomic E-state index is 0.424. The van der Waals surface area contributed by atoms with Gasteiger partial charge >= 0.3 is 0 Å². The van der Waals surface area contributed by atoms with Crippen molar-refractivity contribution >= 4 is 0 Å². The molecule has 1 aliphatic heterocycles. The van der Waals surface area contributed by atoms with Gasteiger partial charge in [0.25, 0.3) is 0 Å². The Labute approximate surface area is 91.3 Å². The maximum atomic E-state index is 5.33. The van der Waals surface area contributed by atoms with E-state index in [1.54, 1.807) is 0 Å². The summed E-state index contributed by atoms with van der Waals surface area (Å²) in [5.74, 6) is 2.71. The van der Waals surface area contributed by atoms with E-state index in [9.17, 15) is 0 Å². The molecule has 1 fully saturated rings. The van der Waals surface area contributed by atoms with Crippen LogP contribution in [0.1, 0.15) is 11.6 Å². The molecule has 1 unspecified atom stereocenters. The summed E-state index contributed by atoms with van der Waals surface area (Å²) in [4.78, 5) is 2.31. The summed E-state index contributed by atoms with van der Waals surface area (Å²) in [5.41, 5.74) is 1.35. The van der Waals surface area contributed by atoms with Crippen molar-refractivity contribution in [3.05, 3.63) is 35.9 Å². The average molecular weight is 200 g/mol. The van der Waals surface area contributed by atoms with Gasteiger partial charge in [-0.25, -0.2) is 0 Å². The van der Waals surface area contributed by atoms with E-state index < -0.39 is 0 Å². The highest BCUT2D eigenvalue weighted by Gasteiger charge is 2.19. The van der Waals surface area contributed by atoms with E-state index in [1.165, 1.54) is 5.56 Å². The van der Waals surface area contributed by atoms with Crippen molar-refractivity contribution in [2.45, 2.75) is 6.04 Å². The van der Waals surface area contributed by atoms with E-state index in [4.69, 9.17) is 6.42 Å². The van der Waals surface area contributed by atoms with Crippen molar-refractivity contribution in [1.29, 1.82) is 0 Å². The average Bonchev–Trinajstić information content (AvgIpc) is 2.31. The smallest absolute Gasteiger partial charge is 0.0600 e. The summed E-state index contributed by atoms with van der Waals surface area (Å²) in [5, 5.41) is 3.51. The second kappa shape index (κ2) is 4.97. The van der Waals surface area contributed by atoms with Crippen LogP contribution < -0.4 is 5.32 Å². The highest BCUT2D eigenvalue weighted by molar-refractivity contribution is 5.19. The molecular weight excluding hydrogens is 184 g/mol. The highest BCUT2D eigenvalue weighted by Crippen LogP contribution is 2.16. The van der Waals surface area contributed by atoms with Gasteiger partial charge in [0.2, 0.25) is 0 Å². The van der Waals surface area contributed by atoms with Crippen LogP contribution in [0.15, 0.2) is 30.3 Å². The van der Waals surface area contributed by atoms with Gasteiger partial charge in [-0.1, -0.05) is 36.3 Å². The van der Waals surface area contributed by atoms with Crippen molar-refractivity contribution in [2.24, 2.45) is 0 Å². The molecule has 0 spiro atoms. The molecule has 1 atom stereocenters. The summed E-state index contributed by atoms with van der Waals surface area (Å²) in [6.45, 7) is 3.83. The lowest BCUT2D eigenvalue weighted by atomic mass is 10.0. The molecule has 0 bridgehead atoms. The van der Waals surface area contributed by atoms with Gasteiger partial charge in [-0.15, -0.1) is 6.42 Å². The molecule has 0 saturated carbocycles. The Hall–Kier alpha value is -1.30. The molecule has 2 rings (SSSR count). The fourth-order valence-corrected chi connectivity index (χ4v) is 1.99. The van der Waals surface area contributed by atoms with E-state index in [0.29, 0.717) is 6.04 Å². The Bertz CT molecular complexity index is 339. The molecule has 1 N–H and O–H groups in total. The van der Waals surface area contributed by atoms with Crippen LogP contribution in [-0.2, 0) is 0 Å². The van der Waals surface area contributed by atoms with Gasteiger partial charge in [-0.05, 0) is 5.56 Å². The predicted octanol–water partition coefficient (Wildman–Crippen LogP) is 1.27. The number of nitrogens with zero attached hydrogens (tertiary/aromatic N) is 1. The molecule has 15 heavy (non-hydrogen) atoms. The number of hydrogen-bond donors (Lipinski definition) is 1. The third kappa shape index (κ3) is 2.59. The fourth-order valence-electron chi connectivity index (χ4n) is 1.99. The van der Waals surface area contributed by atoms with E-state index in [-0.39, 0.29) is 0 Å². The molecule has 78 valence electrons. The molecule has 0 aromatic heterocycles. The number of hydrogen-bond acceptors (Lipinski definition) is 2. The van der Waals surface area contributed by atoms with Crippen LogP contribution in [0.2, 0.25) is 0 Å². The summed E-state index contributed by atoms with van der Waals surface area (Å²) >= 11 is 0. The monoisotopic (exact) mass is 200 g/mol. The zero-order valence-electron chi connectivity index (χ0n) is 8.82. The topological polar surface area (TPSA) is 15.3 Å². The predicted molar refractivity (Wildman–Crippen MR) is 62.5 cm³/mol. The Kier molecular flexibility index (Phi) is 3.39. The molecule has 1 aromatic carbocycles. The van der Waals surface area contributed by atoms with Gasteiger partial charge in [0.05, 0.1) is 6.54 Å². The normalized spacial score (nSPS) is 22.2. The van der Waals surface area contributed by atoms with Crippen LogP contribution in [0.3, 0.4) is 0 Å². The van der Waals surface area contributed by atoms with Gasteiger partial charge in [0.15, 0.2) is 0 Å². The Morgan fingerprint density at radius 3 is 2.93 bits per heavy atom. The van der Waals surface area contributed by atoms with Crippen molar-refractivity contribution in [1.82, 2.24) is 10.2 Å². The van der Waals surface area contributed by atoms with Crippen molar-refractivity contribution in [3.8, 4) is 12.3 Å². The Balaban J connectivity index is 2.02. The molecule has 1 heterocycles. The Morgan fingerprint density at radius 2 is 2.20 bits per heavy atom.